The number of rotatable bonds is 3. The maximum atomic E-state index is 5.96. The van der Waals surface area contributed by atoms with Gasteiger partial charge in [-0.3, -0.25) is 4.68 Å². The summed E-state index contributed by atoms with van der Waals surface area (Å²) in [6.07, 6.45) is 1.67. The molecular formula is C8H14ClN3. The van der Waals surface area contributed by atoms with Crippen LogP contribution < -0.4 is 5.73 Å². The van der Waals surface area contributed by atoms with E-state index in [-0.39, 0.29) is 5.92 Å². The fraction of sp³-hybridized carbons (Fsp3) is 0.625. The van der Waals surface area contributed by atoms with E-state index in [1.165, 1.54) is 0 Å². The number of nitrogens with zero attached hydrogens (tertiary/aromatic N) is 2. The van der Waals surface area contributed by atoms with Crippen LogP contribution >= 0.6 is 11.6 Å². The molecule has 1 heterocycles. The zero-order valence-electron chi connectivity index (χ0n) is 7.42. The van der Waals surface area contributed by atoms with Crippen LogP contribution in [-0.2, 0) is 6.54 Å². The summed E-state index contributed by atoms with van der Waals surface area (Å²) in [4.78, 5) is 0. The van der Waals surface area contributed by atoms with E-state index in [9.17, 15) is 0 Å². The molecule has 1 unspecified atom stereocenters. The second-order valence-corrected chi connectivity index (χ2v) is 3.24. The molecule has 0 bridgehead atoms. The van der Waals surface area contributed by atoms with Crippen LogP contribution in [0.1, 0.15) is 25.5 Å². The van der Waals surface area contributed by atoms with E-state index in [0.29, 0.717) is 6.54 Å². The Bertz CT molecular complexity index is 257. The summed E-state index contributed by atoms with van der Waals surface area (Å²) < 4.78 is 1.89. The molecule has 0 fully saturated rings. The molecule has 4 heteroatoms. The molecule has 1 rings (SSSR count). The van der Waals surface area contributed by atoms with Gasteiger partial charge in [-0.15, -0.1) is 0 Å². The lowest BCUT2D eigenvalue weighted by Gasteiger charge is -2.10. The van der Waals surface area contributed by atoms with Crippen molar-refractivity contribution >= 4 is 11.6 Å². The second kappa shape index (κ2) is 3.92. The summed E-state index contributed by atoms with van der Waals surface area (Å²) >= 11 is 5.96. The topological polar surface area (TPSA) is 43.8 Å². The SMILES string of the molecule is CCn1ncc(Cl)c1C(C)CN. The first-order valence-electron chi connectivity index (χ1n) is 4.12. The fourth-order valence-electron chi connectivity index (χ4n) is 1.23. The van der Waals surface area contributed by atoms with Crippen LogP contribution in [0.25, 0.3) is 0 Å². The van der Waals surface area contributed by atoms with Gasteiger partial charge < -0.3 is 5.73 Å². The molecule has 1 aromatic rings. The van der Waals surface area contributed by atoms with Gasteiger partial charge in [0.25, 0.3) is 0 Å². The Morgan fingerprint density at radius 3 is 2.92 bits per heavy atom. The summed E-state index contributed by atoms with van der Waals surface area (Å²) in [7, 11) is 0. The van der Waals surface area contributed by atoms with Gasteiger partial charge in [0.15, 0.2) is 0 Å². The molecule has 1 aromatic heterocycles. The van der Waals surface area contributed by atoms with E-state index in [0.717, 1.165) is 17.3 Å². The molecule has 3 nitrogen and oxygen atoms in total. The molecule has 0 radical (unpaired) electrons. The third kappa shape index (κ3) is 1.62. The molecular weight excluding hydrogens is 174 g/mol. The Hall–Kier alpha value is -0.540. The smallest absolute Gasteiger partial charge is 0.0821 e. The summed E-state index contributed by atoms with van der Waals surface area (Å²) in [6, 6.07) is 0. The highest BCUT2D eigenvalue weighted by Gasteiger charge is 2.13. The van der Waals surface area contributed by atoms with E-state index in [4.69, 9.17) is 17.3 Å². The minimum absolute atomic E-state index is 0.278. The Morgan fingerprint density at radius 1 is 1.75 bits per heavy atom. The van der Waals surface area contributed by atoms with Crippen molar-refractivity contribution < 1.29 is 0 Å². The Balaban J connectivity index is 3.01. The van der Waals surface area contributed by atoms with E-state index >= 15 is 0 Å². The highest BCUT2D eigenvalue weighted by molar-refractivity contribution is 6.31. The van der Waals surface area contributed by atoms with Gasteiger partial charge >= 0.3 is 0 Å². The van der Waals surface area contributed by atoms with E-state index in [1.807, 2.05) is 11.6 Å². The first kappa shape index (κ1) is 9.55. The average Bonchev–Trinajstić information content (AvgIpc) is 2.45. The summed E-state index contributed by atoms with van der Waals surface area (Å²) in [5, 5.41) is 4.85. The third-order valence-corrected chi connectivity index (χ3v) is 2.24. The molecule has 0 saturated heterocycles. The zero-order valence-corrected chi connectivity index (χ0v) is 8.17. The minimum atomic E-state index is 0.278. The maximum absolute atomic E-state index is 5.96. The predicted molar refractivity (Wildman–Crippen MR) is 50.4 cm³/mol. The van der Waals surface area contributed by atoms with E-state index < -0.39 is 0 Å². The van der Waals surface area contributed by atoms with Crippen LogP contribution in [0.2, 0.25) is 5.02 Å². The summed E-state index contributed by atoms with van der Waals surface area (Å²) in [5.41, 5.74) is 6.60. The lowest BCUT2D eigenvalue weighted by Crippen LogP contribution is -2.14. The van der Waals surface area contributed by atoms with Crippen LogP contribution in [0.15, 0.2) is 6.20 Å². The zero-order chi connectivity index (χ0) is 9.14. The molecule has 2 N–H and O–H groups in total. The molecule has 1 atom stereocenters. The normalized spacial score (nSPS) is 13.3. The van der Waals surface area contributed by atoms with Crippen molar-refractivity contribution in [2.75, 3.05) is 6.54 Å². The van der Waals surface area contributed by atoms with Gasteiger partial charge in [-0.1, -0.05) is 18.5 Å². The fourth-order valence-corrected chi connectivity index (χ4v) is 1.55. The Labute approximate surface area is 77.5 Å². The number of aryl methyl sites for hydroxylation is 1. The number of halogens is 1. The van der Waals surface area contributed by atoms with E-state index in [2.05, 4.69) is 12.0 Å². The molecule has 12 heavy (non-hydrogen) atoms. The van der Waals surface area contributed by atoms with Crippen LogP contribution in [0, 0.1) is 0 Å². The quantitative estimate of drug-likeness (QED) is 0.782. The lowest BCUT2D eigenvalue weighted by molar-refractivity contribution is 0.585. The highest BCUT2D eigenvalue weighted by atomic mass is 35.5. The first-order valence-corrected chi connectivity index (χ1v) is 4.49. The van der Waals surface area contributed by atoms with Crippen molar-refractivity contribution in [1.82, 2.24) is 9.78 Å². The number of hydrogen-bond acceptors (Lipinski definition) is 2. The van der Waals surface area contributed by atoms with Crippen molar-refractivity contribution in [3.8, 4) is 0 Å². The maximum Gasteiger partial charge on any atom is 0.0821 e. The number of hydrogen-bond donors (Lipinski definition) is 1. The van der Waals surface area contributed by atoms with Gasteiger partial charge in [-0.2, -0.15) is 5.10 Å². The van der Waals surface area contributed by atoms with Crippen LogP contribution in [0.3, 0.4) is 0 Å². The molecule has 0 amide bonds. The van der Waals surface area contributed by atoms with E-state index in [1.54, 1.807) is 6.20 Å². The lowest BCUT2D eigenvalue weighted by atomic mass is 10.1. The predicted octanol–water partition coefficient (Wildman–Crippen LogP) is 1.62. The molecule has 0 spiro atoms. The van der Waals surface area contributed by atoms with Gasteiger partial charge in [-0.25, -0.2) is 0 Å². The highest BCUT2D eigenvalue weighted by Crippen LogP contribution is 2.22. The van der Waals surface area contributed by atoms with Gasteiger partial charge in [-0.05, 0) is 6.92 Å². The Morgan fingerprint density at radius 2 is 2.42 bits per heavy atom. The van der Waals surface area contributed by atoms with Crippen LogP contribution in [0.5, 0.6) is 0 Å². The number of nitrogens with two attached hydrogens (primary N) is 1. The number of aromatic nitrogens is 2. The van der Waals surface area contributed by atoms with Gasteiger partial charge in [0, 0.05) is 19.0 Å². The molecule has 0 saturated carbocycles. The van der Waals surface area contributed by atoms with Crippen molar-refractivity contribution in [2.24, 2.45) is 5.73 Å². The van der Waals surface area contributed by atoms with Gasteiger partial charge in [0.2, 0.25) is 0 Å². The van der Waals surface area contributed by atoms with Crippen molar-refractivity contribution in [2.45, 2.75) is 26.3 Å². The third-order valence-electron chi connectivity index (χ3n) is 1.95. The molecule has 0 aliphatic rings. The molecule has 68 valence electrons. The van der Waals surface area contributed by atoms with Crippen molar-refractivity contribution in [3.63, 3.8) is 0 Å². The summed E-state index contributed by atoms with van der Waals surface area (Å²) in [5.74, 6) is 0.278. The van der Waals surface area contributed by atoms with Crippen LogP contribution in [-0.4, -0.2) is 16.3 Å². The second-order valence-electron chi connectivity index (χ2n) is 2.83. The average molecular weight is 188 g/mol. The molecule has 0 aliphatic heterocycles. The van der Waals surface area contributed by atoms with Gasteiger partial charge in [0.05, 0.1) is 16.9 Å². The standard InChI is InChI=1S/C8H14ClN3/c1-3-12-8(6(2)4-10)7(9)5-11-12/h5-6H,3-4,10H2,1-2H3. The van der Waals surface area contributed by atoms with Crippen molar-refractivity contribution in [3.05, 3.63) is 16.9 Å². The molecule has 0 aliphatic carbocycles. The molecule has 0 aromatic carbocycles. The minimum Gasteiger partial charge on any atom is -0.330 e. The monoisotopic (exact) mass is 187 g/mol. The largest absolute Gasteiger partial charge is 0.330 e. The van der Waals surface area contributed by atoms with Crippen LogP contribution in [0.4, 0.5) is 0 Å². The van der Waals surface area contributed by atoms with Gasteiger partial charge in [0.1, 0.15) is 0 Å². The van der Waals surface area contributed by atoms with Crippen molar-refractivity contribution in [1.29, 1.82) is 0 Å². The Kier molecular flexibility index (Phi) is 3.12. The first-order chi connectivity index (χ1) is 5.70. The summed E-state index contributed by atoms with van der Waals surface area (Å²) in [6.45, 7) is 5.53.